The number of amidine groups is 1. The lowest BCUT2D eigenvalue weighted by Gasteiger charge is -2.39. The van der Waals surface area contributed by atoms with E-state index in [1.807, 2.05) is 22.9 Å². The van der Waals surface area contributed by atoms with E-state index in [1.165, 1.54) is 0 Å². The summed E-state index contributed by atoms with van der Waals surface area (Å²) in [6, 6.07) is 5.25. The molecule has 1 unspecified atom stereocenters. The van der Waals surface area contributed by atoms with Gasteiger partial charge in [-0.1, -0.05) is 41.0 Å². The summed E-state index contributed by atoms with van der Waals surface area (Å²) in [5.41, 5.74) is -0.332. The first-order chi connectivity index (χ1) is 9.00. The molecular weight excluding hydrogens is 385 g/mol. The van der Waals surface area contributed by atoms with E-state index in [-0.39, 0.29) is 17.0 Å². The largest absolute Gasteiger partial charge is 0.366 e. The first kappa shape index (κ1) is 16.4. The first-order valence-electron chi connectivity index (χ1n) is 5.82. The molecular formula is C12H14BrCl2N3OS. The lowest BCUT2D eigenvalue weighted by atomic mass is 10.0. The molecule has 2 heterocycles. The van der Waals surface area contributed by atoms with Gasteiger partial charge in [0.25, 0.3) is 0 Å². The van der Waals surface area contributed by atoms with Gasteiger partial charge in [-0.05, 0) is 19.2 Å². The Morgan fingerprint density at radius 3 is 2.80 bits per heavy atom. The quantitative estimate of drug-likeness (QED) is 0.789. The number of aliphatic imine (C=N–C) groups is 1. The Balaban J connectivity index is 0.00000147. The van der Waals surface area contributed by atoms with Crippen LogP contribution in [-0.4, -0.2) is 46.2 Å². The highest BCUT2D eigenvalue weighted by atomic mass is 79.9. The normalized spacial score (nSPS) is 26.0. The van der Waals surface area contributed by atoms with Crippen molar-refractivity contribution in [2.24, 2.45) is 4.99 Å². The highest BCUT2D eigenvalue weighted by molar-refractivity contribution is 8.93. The minimum Gasteiger partial charge on any atom is -0.366 e. The zero-order valence-electron chi connectivity index (χ0n) is 10.7. The van der Waals surface area contributed by atoms with Crippen LogP contribution in [0, 0.1) is 0 Å². The third kappa shape index (κ3) is 2.69. The average molecular weight is 399 g/mol. The summed E-state index contributed by atoms with van der Waals surface area (Å²) in [4.78, 5) is 8.39. The van der Waals surface area contributed by atoms with Gasteiger partial charge in [0, 0.05) is 5.56 Å². The number of benzene rings is 1. The van der Waals surface area contributed by atoms with Crippen molar-refractivity contribution in [3.8, 4) is 0 Å². The molecule has 2 aliphatic heterocycles. The van der Waals surface area contributed by atoms with Crippen LogP contribution in [0.25, 0.3) is 0 Å². The predicted molar refractivity (Wildman–Crippen MR) is 89.9 cm³/mol. The Labute approximate surface area is 142 Å². The van der Waals surface area contributed by atoms with E-state index < -0.39 is 5.72 Å². The van der Waals surface area contributed by atoms with Gasteiger partial charge in [0.15, 0.2) is 10.9 Å². The average Bonchev–Trinajstić information content (AvgIpc) is 2.72. The fourth-order valence-electron chi connectivity index (χ4n) is 2.24. The number of thioether (sulfide) groups is 1. The van der Waals surface area contributed by atoms with Gasteiger partial charge in [-0.3, -0.25) is 4.90 Å². The molecule has 0 aromatic heterocycles. The zero-order valence-corrected chi connectivity index (χ0v) is 14.8. The minimum atomic E-state index is -1.08. The zero-order chi connectivity index (χ0) is 13.6. The molecule has 110 valence electrons. The smallest absolute Gasteiger partial charge is 0.176 e. The van der Waals surface area contributed by atoms with Crippen LogP contribution in [0.3, 0.4) is 0 Å². The van der Waals surface area contributed by atoms with E-state index in [9.17, 15) is 5.11 Å². The number of rotatable bonds is 1. The molecule has 0 radical (unpaired) electrons. The van der Waals surface area contributed by atoms with Gasteiger partial charge < -0.3 is 10.0 Å². The SMILES string of the molecule is Br.CN1CN=C2SCC(O)(c3ccc(Cl)c(Cl)c3)N2C1. The third-order valence-electron chi connectivity index (χ3n) is 3.29. The molecule has 1 saturated heterocycles. The Bertz CT molecular complexity index is 560. The molecule has 8 heteroatoms. The van der Waals surface area contributed by atoms with Crippen molar-refractivity contribution in [3.63, 3.8) is 0 Å². The molecule has 0 amide bonds. The van der Waals surface area contributed by atoms with Crippen LogP contribution in [0.5, 0.6) is 0 Å². The van der Waals surface area contributed by atoms with Crippen LogP contribution in [0.4, 0.5) is 0 Å². The molecule has 0 bridgehead atoms. The molecule has 1 aromatic rings. The van der Waals surface area contributed by atoms with Crippen molar-refractivity contribution >= 4 is 57.1 Å². The molecule has 1 atom stereocenters. The molecule has 2 aliphatic rings. The number of hydrogen-bond donors (Lipinski definition) is 1. The standard InChI is InChI=1S/C12H13Cl2N3OS.BrH/c1-16-6-15-11-17(7-16)12(18,5-19-11)8-2-3-9(13)10(14)4-8;/h2-4,18H,5-7H2,1H3;1H. The van der Waals surface area contributed by atoms with Gasteiger partial charge in [-0.15, -0.1) is 17.0 Å². The van der Waals surface area contributed by atoms with E-state index in [0.717, 1.165) is 10.7 Å². The second kappa shape index (κ2) is 6.02. The van der Waals surface area contributed by atoms with E-state index in [1.54, 1.807) is 23.9 Å². The summed E-state index contributed by atoms with van der Waals surface area (Å²) in [7, 11) is 1.97. The maximum absolute atomic E-state index is 11.0. The van der Waals surface area contributed by atoms with Crippen molar-refractivity contribution in [3.05, 3.63) is 33.8 Å². The molecule has 3 rings (SSSR count). The highest BCUT2D eigenvalue weighted by Crippen LogP contribution is 2.41. The lowest BCUT2D eigenvalue weighted by Crippen LogP contribution is -2.51. The maximum Gasteiger partial charge on any atom is 0.176 e. The van der Waals surface area contributed by atoms with Crippen LogP contribution >= 0.6 is 51.9 Å². The Hall–Kier alpha value is 0.0200. The Morgan fingerprint density at radius 1 is 1.35 bits per heavy atom. The number of nitrogens with zero attached hydrogens (tertiary/aromatic N) is 3. The van der Waals surface area contributed by atoms with E-state index in [0.29, 0.717) is 29.1 Å². The molecule has 1 N–H and O–H groups in total. The fourth-order valence-corrected chi connectivity index (χ4v) is 3.70. The van der Waals surface area contributed by atoms with Crippen LogP contribution in [-0.2, 0) is 5.72 Å². The second-order valence-electron chi connectivity index (χ2n) is 4.74. The Kier molecular flexibility index (Phi) is 4.94. The summed E-state index contributed by atoms with van der Waals surface area (Å²) in [6.45, 7) is 1.30. The van der Waals surface area contributed by atoms with Gasteiger partial charge in [0.1, 0.15) is 0 Å². The molecule has 0 spiro atoms. The van der Waals surface area contributed by atoms with Crippen LogP contribution in [0.2, 0.25) is 10.0 Å². The van der Waals surface area contributed by atoms with Gasteiger partial charge >= 0.3 is 0 Å². The monoisotopic (exact) mass is 397 g/mol. The minimum absolute atomic E-state index is 0. The topological polar surface area (TPSA) is 39.1 Å². The lowest BCUT2D eigenvalue weighted by molar-refractivity contribution is -0.0701. The van der Waals surface area contributed by atoms with Gasteiger partial charge in [0.2, 0.25) is 0 Å². The summed E-state index contributed by atoms with van der Waals surface area (Å²) in [6.07, 6.45) is 0. The van der Waals surface area contributed by atoms with Crippen molar-refractivity contribution < 1.29 is 5.11 Å². The molecule has 4 nitrogen and oxygen atoms in total. The van der Waals surface area contributed by atoms with E-state index >= 15 is 0 Å². The molecule has 1 aromatic carbocycles. The van der Waals surface area contributed by atoms with Crippen LogP contribution < -0.4 is 0 Å². The molecule has 0 saturated carbocycles. The van der Waals surface area contributed by atoms with Gasteiger partial charge in [-0.25, -0.2) is 4.99 Å². The van der Waals surface area contributed by atoms with Gasteiger partial charge in [-0.2, -0.15) is 0 Å². The van der Waals surface area contributed by atoms with Crippen molar-refractivity contribution in [2.75, 3.05) is 26.1 Å². The highest BCUT2D eigenvalue weighted by Gasteiger charge is 2.46. The van der Waals surface area contributed by atoms with E-state index in [2.05, 4.69) is 4.99 Å². The molecule has 20 heavy (non-hydrogen) atoms. The van der Waals surface area contributed by atoms with Crippen LogP contribution in [0.1, 0.15) is 5.56 Å². The predicted octanol–water partition coefficient (Wildman–Crippen LogP) is 2.98. The van der Waals surface area contributed by atoms with Crippen molar-refractivity contribution in [2.45, 2.75) is 5.72 Å². The summed E-state index contributed by atoms with van der Waals surface area (Å²) >= 11 is 13.5. The van der Waals surface area contributed by atoms with Gasteiger partial charge in [0.05, 0.1) is 29.1 Å². The summed E-state index contributed by atoms with van der Waals surface area (Å²) < 4.78 is 0. The fraction of sp³-hybridized carbons (Fsp3) is 0.417. The summed E-state index contributed by atoms with van der Waals surface area (Å²) in [5.74, 6) is 0.539. The van der Waals surface area contributed by atoms with Crippen LogP contribution in [0.15, 0.2) is 23.2 Å². The number of hydrogen-bond acceptors (Lipinski definition) is 5. The molecule has 0 aliphatic carbocycles. The number of fused-ring (bicyclic) bond motifs is 1. The van der Waals surface area contributed by atoms with Crippen molar-refractivity contribution in [1.29, 1.82) is 0 Å². The Morgan fingerprint density at radius 2 is 2.10 bits per heavy atom. The first-order valence-corrected chi connectivity index (χ1v) is 7.56. The number of halogens is 3. The van der Waals surface area contributed by atoms with E-state index in [4.69, 9.17) is 23.2 Å². The third-order valence-corrected chi connectivity index (χ3v) is 5.19. The summed E-state index contributed by atoms with van der Waals surface area (Å²) in [5, 5.41) is 12.8. The maximum atomic E-state index is 11.0. The molecule has 1 fully saturated rings. The van der Waals surface area contributed by atoms with Crippen molar-refractivity contribution in [1.82, 2.24) is 9.80 Å². The number of aliphatic hydroxyl groups is 1. The second-order valence-corrected chi connectivity index (χ2v) is 6.50.